The summed E-state index contributed by atoms with van der Waals surface area (Å²) in [4.78, 5) is 17.1. The van der Waals surface area contributed by atoms with E-state index in [4.69, 9.17) is 13.9 Å². The molecule has 0 bridgehead atoms. The fraction of sp³-hybridized carbons (Fsp3) is 0.214. The summed E-state index contributed by atoms with van der Waals surface area (Å²) < 4.78 is 17.4. The molecule has 2 aromatic carbocycles. The van der Waals surface area contributed by atoms with Crippen LogP contribution in [0.3, 0.4) is 0 Å². The molecule has 0 unspecified atom stereocenters. The van der Waals surface area contributed by atoms with Gasteiger partial charge in [0.05, 0.1) is 20.0 Å². The Morgan fingerprint density at radius 1 is 1.15 bits per heavy atom. The number of hydrogen-bond donors (Lipinski definition) is 1. The van der Waals surface area contributed by atoms with Crippen LogP contribution in [-0.2, 0) is 4.79 Å². The number of amides is 1. The molecule has 1 N–H and O–H groups in total. The van der Waals surface area contributed by atoms with Gasteiger partial charge < -0.3 is 19.2 Å². The lowest BCUT2D eigenvalue weighted by Crippen LogP contribution is -2.10. The number of nitrogens with zero attached hydrogens (tertiary/aromatic N) is 1. The van der Waals surface area contributed by atoms with Gasteiger partial charge in [0.15, 0.2) is 0 Å². The monoisotopic (exact) mass is 456 g/mol. The Balaban J connectivity index is 1.79. The van der Waals surface area contributed by atoms with Crippen LogP contribution in [-0.4, -0.2) is 24.6 Å². The number of ether oxygens (including phenoxy) is 2. The molecule has 0 atom stereocenters. The largest absolute Gasteiger partial charge is 0.497 e. The highest BCUT2D eigenvalue weighted by atomic mass is 16.5. The van der Waals surface area contributed by atoms with Crippen molar-refractivity contribution >= 4 is 28.3 Å². The van der Waals surface area contributed by atoms with Crippen molar-refractivity contribution in [2.24, 2.45) is 0 Å². The molecule has 4 rings (SSSR count). The Morgan fingerprint density at radius 2 is 1.94 bits per heavy atom. The number of furan rings is 1. The van der Waals surface area contributed by atoms with Gasteiger partial charge in [-0.05, 0) is 69.2 Å². The first-order valence-corrected chi connectivity index (χ1v) is 11.2. The molecule has 2 aromatic heterocycles. The van der Waals surface area contributed by atoms with Crippen molar-refractivity contribution in [3.05, 3.63) is 77.7 Å². The Hall–Kier alpha value is -4.06. The van der Waals surface area contributed by atoms with Crippen LogP contribution in [0.5, 0.6) is 11.5 Å². The van der Waals surface area contributed by atoms with Gasteiger partial charge in [-0.3, -0.25) is 4.79 Å². The minimum Gasteiger partial charge on any atom is -0.497 e. The van der Waals surface area contributed by atoms with E-state index in [0.717, 1.165) is 50.2 Å². The number of carbonyl (C=O) groups is 1. The minimum absolute atomic E-state index is 0.254. The van der Waals surface area contributed by atoms with Crippen LogP contribution in [0.25, 0.3) is 27.7 Å². The summed E-state index contributed by atoms with van der Waals surface area (Å²) in [6.07, 6.45) is 3.32. The number of rotatable bonds is 7. The maximum absolute atomic E-state index is 12.7. The van der Waals surface area contributed by atoms with Crippen LogP contribution in [0.4, 0.5) is 5.82 Å². The molecule has 6 nitrogen and oxygen atoms in total. The van der Waals surface area contributed by atoms with E-state index in [1.165, 1.54) is 0 Å². The minimum atomic E-state index is -0.254. The van der Waals surface area contributed by atoms with Gasteiger partial charge in [0.25, 0.3) is 0 Å². The first-order valence-electron chi connectivity index (χ1n) is 11.2. The van der Waals surface area contributed by atoms with Crippen LogP contribution in [0, 0.1) is 13.8 Å². The maximum atomic E-state index is 12.7. The van der Waals surface area contributed by atoms with Gasteiger partial charge in [-0.15, -0.1) is 0 Å². The molecule has 0 radical (unpaired) electrons. The second-order valence-corrected chi connectivity index (χ2v) is 8.05. The smallest absolute Gasteiger partial charge is 0.249 e. The summed E-state index contributed by atoms with van der Waals surface area (Å²) in [7, 11) is 1.65. The Bertz CT molecular complexity index is 1380. The number of allylic oxidation sites excluding steroid dienone is 1. The second-order valence-electron chi connectivity index (χ2n) is 8.05. The summed E-state index contributed by atoms with van der Waals surface area (Å²) in [5.41, 5.74) is 6.02. The molecule has 6 heteroatoms. The number of aromatic nitrogens is 1. The van der Waals surface area contributed by atoms with E-state index in [2.05, 4.69) is 10.3 Å². The van der Waals surface area contributed by atoms with Crippen molar-refractivity contribution < 1.29 is 18.7 Å². The van der Waals surface area contributed by atoms with E-state index in [9.17, 15) is 4.79 Å². The number of aryl methyl sites for hydroxylation is 2. The second kappa shape index (κ2) is 9.83. The van der Waals surface area contributed by atoms with Crippen molar-refractivity contribution in [1.82, 2.24) is 4.98 Å². The molecular formula is C28H28N2O4. The lowest BCUT2D eigenvalue weighted by molar-refractivity contribution is -0.111. The number of pyridine rings is 1. The van der Waals surface area contributed by atoms with E-state index >= 15 is 0 Å². The number of benzene rings is 2. The fourth-order valence-corrected chi connectivity index (χ4v) is 4.00. The SMILES string of the molecule is CCOc1c(/C(C)=C/C(=O)Nc2cccc(C)n2)cc2c(-c3cccc(OC)c3)coc2c1C. The summed E-state index contributed by atoms with van der Waals surface area (Å²) in [5.74, 6) is 1.74. The van der Waals surface area contributed by atoms with Gasteiger partial charge in [0.2, 0.25) is 5.91 Å². The molecule has 2 heterocycles. The summed E-state index contributed by atoms with van der Waals surface area (Å²) in [6, 6.07) is 15.4. The summed E-state index contributed by atoms with van der Waals surface area (Å²) in [5, 5.41) is 3.77. The van der Waals surface area contributed by atoms with Crippen LogP contribution < -0.4 is 14.8 Å². The standard InChI is InChI=1S/C28H28N2O4/c1-6-33-27-19(4)28-23(24(16-34-28)20-10-8-11-21(14-20)32-5)15-22(27)17(2)13-26(31)30-25-12-7-9-18(3)29-25/h7-16H,6H2,1-5H3,(H,29,30,31)/b17-13+. The third-order valence-electron chi connectivity index (χ3n) is 5.63. The van der Waals surface area contributed by atoms with Crippen LogP contribution in [0.2, 0.25) is 0 Å². The third kappa shape index (κ3) is 4.66. The Kier molecular flexibility index (Phi) is 6.68. The topological polar surface area (TPSA) is 73.6 Å². The van der Waals surface area contributed by atoms with Gasteiger partial charge >= 0.3 is 0 Å². The predicted octanol–water partition coefficient (Wildman–Crippen LogP) is 6.56. The normalized spacial score (nSPS) is 11.5. The van der Waals surface area contributed by atoms with Crippen LogP contribution >= 0.6 is 0 Å². The van der Waals surface area contributed by atoms with Crippen molar-refractivity contribution in [3.63, 3.8) is 0 Å². The average molecular weight is 457 g/mol. The van der Waals surface area contributed by atoms with E-state index in [1.807, 2.05) is 70.2 Å². The average Bonchev–Trinajstić information content (AvgIpc) is 3.25. The molecule has 0 saturated heterocycles. The Morgan fingerprint density at radius 3 is 2.68 bits per heavy atom. The van der Waals surface area contributed by atoms with Gasteiger partial charge in [0.1, 0.15) is 22.9 Å². The zero-order chi connectivity index (χ0) is 24.2. The highest BCUT2D eigenvalue weighted by Crippen LogP contribution is 2.41. The van der Waals surface area contributed by atoms with Gasteiger partial charge in [-0.25, -0.2) is 4.98 Å². The quantitative estimate of drug-likeness (QED) is 0.319. The molecule has 0 saturated carbocycles. The van der Waals surface area contributed by atoms with Gasteiger partial charge in [-0.1, -0.05) is 18.2 Å². The van der Waals surface area contributed by atoms with E-state index in [1.54, 1.807) is 25.5 Å². The molecular weight excluding hydrogens is 428 g/mol. The molecule has 0 aliphatic heterocycles. The van der Waals surface area contributed by atoms with E-state index in [0.29, 0.717) is 18.2 Å². The number of anilines is 1. The number of fused-ring (bicyclic) bond motifs is 1. The molecule has 0 fully saturated rings. The van der Waals surface area contributed by atoms with Crippen molar-refractivity contribution in [2.75, 3.05) is 19.0 Å². The Labute approximate surface area is 199 Å². The predicted molar refractivity (Wildman–Crippen MR) is 135 cm³/mol. The maximum Gasteiger partial charge on any atom is 0.249 e. The molecule has 0 aliphatic rings. The summed E-state index contributed by atoms with van der Waals surface area (Å²) >= 11 is 0. The van der Waals surface area contributed by atoms with Crippen molar-refractivity contribution in [1.29, 1.82) is 0 Å². The van der Waals surface area contributed by atoms with Crippen molar-refractivity contribution in [3.8, 4) is 22.6 Å². The first kappa shape index (κ1) is 23.1. The first-order chi connectivity index (χ1) is 16.4. The fourth-order valence-electron chi connectivity index (χ4n) is 4.00. The van der Waals surface area contributed by atoms with E-state index < -0.39 is 0 Å². The number of hydrogen-bond acceptors (Lipinski definition) is 5. The van der Waals surface area contributed by atoms with Gasteiger partial charge in [0, 0.05) is 33.8 Å². The molecule has 34 heavy (non-hydrogen) atoms. The van der Waals surface area contributed by atoms with Crippen LogP contribution in [0.15, 0.2) is 65.3 Å². The number of carbonyl (C=O) groups excluding carboxylic acids is 1. The van der Waals surface area contributed by atoms with E-state index in [-0.39, 0.29) is 5.91 Å². The van der Waals surface area contributed by atoms with Gasteiger partial charge in [-0.2, -0.15) is 0 Å². The zero-order valence-corrected chi connectivity index (χ0v) is 20.1. The molecule has 4 aromatic rings. The molecule has 174 valence electrons. The molecule has 1 amide bonds. The van der Waals surface area contributed by atoms with Crippen molar-refractivity contribution in [2.45, 2.75) is 27.7 Å². The lowest BCUT2D eigenvalue weighted by Gasteiger charge is -2.15. The third-order valence-corrected chi connectivity index (χ3v) is 5.63. The summed E-state index contributed by atoms with van der Waals surface area (Å²) in [6.45, 7) is 8.19. The number of nitrogens with one attached hydrogen (secondary N) is 1. The molecule has 0 spiro atoms. The highest BCUT2D eigenvalue weighted by Gasteiger charge is 2.19. The van der Waals surface area contributed by atoms with Crippen LogP contribution in [0.1, 0.15) is 30.7 Å². The lowest BCUT2D eigenvalue weighted by atomic mass is 9.96. The highest BCUT2D eigenvalue weighted by molar-refractivity contribution is 6.05. The number of methoxy groups -OCH3 is 1. The zero-order valence-electron chi connectivity index (χ0n) is 20.1. The molecule has 0 aliphatic carbocycles.